The molecule has 6 nitrogen and oxygen atoms in total. The minimum Gasteiger partial charge on any atom is -0.299 e. The van der Waals surface area contributed by atoms with Gasteiger partial charge < -0.3 is 0 Å². The first-order valence-electron chi connectivity index (χ1n) is 7.59. The Morgan fingerprint density at radius 3 is 2.73 bits per heavy atom. The van der Waals surface area contributed by atoms with Crippen LogP contribution in [0.4, 0.5) is 5.13 Å². The van der Waals surface area contributed by atoms with Gasteiger partial charge in [-0.05, 0) is 30.2 Å². The molecule has 0 atom stereocenters. The molecule has 2 aromatic rings. The third kappa shape index (κ3) is 4.47. The van der Waals surface area contributed by atoms with Crippen LogP contribution in [0.2, 0.25) is 5.02 Å². The number of aromatic nitrogens is 2. The van der Waals surface area contributed by atoms with Gasteiger partial charge in [-0.25, -0.2) is 0 Å². The van der Waals surface area contributed by atoms with E-state index in [4.69, 9.17) is 23.8 Å². The van der Waals surface area contributed by atoms with Gasteiger partial charge in [-0.3, -0.25) is 19.8 Å². The number of carbonyl (C=O) groups excluding carboxylic acids is 2. The summed E-state index contributed by atoms with van der Waals surface area (Å²) in [5.41, 5.74) is 0.834. The van der Waals surface area contributed by atoms with Crippen molar-refractivity contribution in [2.45, 2.75) is 13.3 Å². The normalized spacial score (nSPS) is 15.8. The molecule has 134 valence electrons. The highest BCUT2D eigenvalue weighted by Gasteiger charge is 2.33. The second-order valence-electron chi connectivity index (χ2n) is 5.22. The molecule has 0 saturated carbocycles. The third-order valence-corrected chi connectivity index (χ3v) is 5.97. The largest absolute Gasteiger partial charge is 0.299 e. The average Bonchev–Trinajstić information content (AvgIpc) is 3.17. The summed E-state index contributed by atoms with van der Waals surface area (Å²) < 4.78 is 0.344. The molecule has 1 fully saturated rings. The Morgan fingerprint density at radius 2 is 2.08 bits per heavy atom. The Balaban J connectivity index is 1.66. The van der Waals surface area contributed by atoms with Crippen molar-refractivity contribution >= 4 is 74.3 Å². The van der Waals surface area contributed by atoms with Crippen molar-refractivity contribution in [1.82, 2.24) is 15.1 Å². The van der Waals surface area contributed by atoms with Crippen LogP contribution in [-0.4, -0.2) is 37.8 Å². The molecule has 0 aliphatic carbocycles. The van der Waals surface area contributed by atoms with Gasteiger partial charge in [0.05, 0.1) is 4.91 Å². The highest BCUT2D eigenvalue weighted by Crippen LogP contribution is 2.32. The molecule has 1 aliphatic rings. The average molecular weight is 425 g/mol. The van der Waals surface area contributed by atoms with E-state index in [9.17, 15) is 9.59 Å². The maximum atomic E-state index is 12.5. The summed E-state index contributed by atoms with van der Waals surface area (Å²) in [7, 11) is 0. The van der Waals surface area contributed by atoms with Gasteiger partial charge in [0, 0.05) is 5.02 Å². The van der Waals surface area contributed by atoms with Crippen molar-refractivity contribution < 1.29 is 9.59 Å². The van der Waals surface area contributed by atoms with Crippen molar-refractivity contribution in [3.63, 3.8) is 0 Å². The van der Waals surface area contributed by atoms with E-state index in [-0.39, 0.29) is 18.4 Å². The molecule has 1 aromatic heterocycles. The summed E-state index contributed by atoms with van der Waals surface area (Å²) >= 11 is 13.6. The van der Waals surface area contributed by atoms with Crippen LogP contribution in [0.1, 0.15) is 17.5 Å². The topological polar surface area (TPSA) is 75.2 Å². The molecule has 2 heterocycles. The third-order valence-electron chi connectivity index (χ3n) is 3.36. The van der Waals surface area contributed by atoms with Crippen LogP contribution in [0.25, 0.3) is 6.08 Å². The first-order valence-corrected chi connectivity index (χ1v) is 10.0. The number of hydrogen-bond acceptors (Lipinski definition) is 7. The van der Waals surface area contributed by atoms with E-state index in [0.717, 1.165) is 17.0 Å². The van der Waals surface area contributed by atoms with Gasteiger partial charge in [0.2, 0.25) is 11.0 Å². The molecular weight excluding hydrogens is 412 g/mol. The maximum Gasteiger partial charge on any atom is 0.266 e. The number of nitrogens with one attached hydrogen (secondary N) is 1. The van der Waals surface area contributed by atoms with Gasteiger partial charge in [0.25, 0.3) is 5.91 Å². The summed E-state index contributed by atoms with van der Waals surface area (Å²) in [6.07, 6.45) is 2.48. The van der Waals surface area contributed by atoms with Crippen LogP contribution in [0.5, 0.6) is 0 Å². The van der Waals surface area contributed by atoms with Crippen molar-refractivity contribution in [3.8, 4) is 0 Å². The van der Waals surface area contributed by atoms with Gasteiger partial charge in [-0.15, -0.1) is 10.2 Å². The lowest BCUT2D eigenvalue weighted by Crippen LogP contribution is -2.36. The molecule has 3 rings (SSSR count). The molecule has 0 spiro atoms. The number of thiocarbonyl (C=S) groups is 1. The number of aryl methyl sites for hydroxylation is 1. The van der Waals surface area contributed by atoms with E-state index in [1.54, 1.807) is 18.2 Å². The monoisotopic (exact) mass is 424 g/mol. The Kier molecular flexibility index (Phi) is 6.02. The molecule has 1 aliphatic heterocycles. The standard InChI is InChI=1S/C16H13ClN4O2S3/c1-2-13-19-20-15(26-13)18-12(22)8-21-14(23)11(25-16(21)24)7-9-3-5-10(17)6-4-9/h3-7H,2,8H2,1H3,(H,18,20,22)/b11-7+. The van der Waals surface area contributed by atoms with E-state index in [1.807, 2.05) is 19.1 Å². The van der Waals surface area contributed by atoms with E-state index >= 15 is 0 Å². The van der Waals surface area contributed by atoms with Crippen LogP contribution in [0.3, 0.4) is 0 Å². The highest BCUT2D eigenvalue weighted by atomic mass is 35.5. The van der Waals surface area contributed by atoms with Crippen molar-refractivity contribution in [2.24, 2.45) is 0 Å². The molecule has 0 unspecified atom stereocenters. The van der Waals surface area contributed by atoms with Crippen LogP contribution in [0, 0.1) is 0 Å². The van der Waals surface area contributed by atoms with Gasteiger partial charge in [0.15, 0.2) is 0 Å². The number of anilines is 1. The smallest absolute Gasteiger partial charge is 0.266 e. The lowest BCUT2D eigenvalue weighted by Gasteiger charge is -2.13. The van der Waals surface area contributed by atoms with Gasteiger partial charge in [-0.1, -0.05) is 66.0 Å². The number of hydrogen-bond donors (Lipinski definition) is 1. The quantitative estimate of drug-likeness (QED) is 0.584. The van der Waals surface area contributed by atoms with Crippen LogP contribution in [-0.2, 0) is 16.0 Å². The zero-order chi connectivity index (χ0) is 18.7. The molecule has 26 heavy (non-hydrogen) atoms. The molecule has 0 radical (unpaired) electrons. The number of rotatable bonds is 5. The molecule has 1 aromatic carbocycles. The SMILES string of the molecule is CCc1nnc(NC(=O)CN2C(=O)/C(=C\c3ccc(Cl)cc3)SC2=S)s1. The van der Waals surface area contributed by atoms with E-state index in [0.29, 0.717) is 19.4 Å². The van der Waals surface area contributed by atoms with Gasteiger partial charge >= 0.3 is 0 Å². The van der Waals surface area contributed by atoms with E-state index < -0.39 is 0 Å². The number of halogens is 1. The minimum absolute atomic E-state index is 0.163. The molecule has 2 amide bonds. The first-order chi connectivity index (χ1) is 12.5. The summed E-state index contributed by atoms with van der Waals surface area (Å²) in [5.74, 6) is -0.663. The Morgan fingerprint density at radius 1 is 1.35 bits per heavy atom. The Labute approximate surface area is 168 Å². The van der Waals surface area contributed by atoms with Crippen molar-refractivity contribution in [1.29, 1.82) is 0 Å². The Hall–Kier alpha value is -1.81. The van der Waals surface area contributed by atoms with E-state index in [1.165, 1.54) is 28.0 Å². The summed E-state index contributed by atoms with van der Waals surface area (Å²) in [5, 5.41) is 12.3. The molecule has 10 heteroatoms. The van der Waals surface area contributed by atoms with Crippen LogP contribution >= 0.6 is 46.9 Å². The number of amides is 2. The second-order valence-corrected chi connectivity index (χ2v) is 8.40. The fourth-order valence-corrected chi connectivity index (χ4v) is 4.17. The summed E-state index contributed by atoms with van der Waals surface area (Å²) in [4.78, 5) is 26.5. The zero-order valence-electron chi connectivity index (χ0n) is 13.6. The lowest BCUT2D eigenvalue weighted by atomic mass is 10.2. The molecule has 0 bridgehead atoms. The summed E-state index contributed by atoms with van der Waals surface area (Å²) in [6, 6.07) is 7.10. The highest BCUT2D eigenvalue weighted by molar-refractivity contribution is 8.26. The fourth-order valence-electron chi connectivity index (χ4n) is 2.10. The van der Waals surface area contributed by atoms with Crippen LogP contribution < -0.4 is 5.32 Å². The minimum atomic E-state index is -0.368. The zero-order valence-corrected chi connectivity index (χ0v) is 16.8. The molecule has 1 N–H and O–H groups in total. The molecular formula is C16H13ClN4O2S3. The van der Waals surface area contributed by atoms with Gasteiger partial charge in [0.1, 0.15) is 15.9 Å². The number of nitrogens with zero attached hydrogens (tertiary/aromatic N) is 3. The fraction of sp³-hybridized carbons (Fsp3) is 0.188. The van der Waals surface area contributed by atoms with Crippen molar-refractivity contribution in [3.05, 3.63) is 44.8 Å². The van der Waals surface area contributed by atoms with Gasteiger partial charge in [-0.2, -0.15) is 0 Å². The summed E-state index contributed by atoms with van der Waals surface area (Å²) in [6.45, 7) is 1.79. The van der Waals surface area contributed by atoms with Crippen LogP contribution in [0.15, 0.2) is 29.2 Å². The number of thioether (sulfide) groups is 1. The van der Waals surface area contributed by atoms with Crippen molar-refractivity contribution in [2.75, 3.05) is 11.9 Å². The lowest BCUT2D eigenvalue weighted by molar-refractivity contribution is -0.126. The predicted molar refractivity (Wildman–Crippen MR) is 109 cm³/mol. The maximum absolute atomic E-state index is 12.5. The predicted octanol–water partition coefficient (Wildman–Crippen LogP) is 3.59. The Bertz CT molecular complexity index is 895. The number of benzene rings is 1. The second kappa shape index (κ2) is 8.26. The molecule has 1 saturated heterocycles. The van der Waals surface area contributed by atoms with E-state index in [2.05, 4.69) is 15.5 Å². The number of carbonyl (C=O) groups is 2. The first kappa shape index (κ1) is 19.0.